The lowest BCUT2D eigenvalue weighted by molar-refractivity contribution is 0.103. The number of aromatic nitrogens is 2. The fourth-order valence-electron chi connectivity index (χ4n) is 2.20. The summed E-state index contributed by atoms with van der Waals surface area (Å²) in [5, 5.41) is 0. The predicted octanol–water partition coefficient (Wildman–Crippen LogP) is 1.23. The summed E-state index contributed by atoms with van der Waals surface area (Å²) in [6.45, 7) is 2.37. The van der Waals surface area contributed by atoms with Crippen LogP contribution in [0.15, 0.2) is 30.7 Å². The Bertz CT molecular complexity index is 651. The van der Waals surface area contributed by atoms with Crippen LogP contribution in [-0.4, -0.2) is 35.1 Å². The second-order valence-corrected chi connectivity index (χ2v) is 4.83. The number of ether oxygens (including phenoxy) is 2. The number of nitrogens with zero attached hydrogens (tertiary/aromatic N) is 2. The lowest BCUT2D eigenvalue weighted by Crippen LogP contribution is -2.08. The van der Waals surface area contributed by atoms with Gasteiger partial charge in [-0.25, -0.2) is 4.98 Å². The van der Waals surface area contributed by atoms with E-state index in [-0.39, 0.29) is 5.78 Å². The van der Waals surface area contributed by atoms with E-state index in [2.05, 4.69) is 4.98 Å². The summed E-state index contributed by atoms with van der Waals surface area (Å²) in [4.78, 5) is 16.6. The normalized spacial score (nSPS) is 13.8. The zero-order valence-corrected chi connectivity index (χ0v) is 11.6. The van der Waals surface area contributed by atoms with E-state index >= 15 is 0 Å². The molecule has 0 fully saturated rings. The number of ketones is 1. The van der Waals surface area contributed by atoms with E-state index in [1.54, 1.807) is 35.3 Å². The summed E-state index contributed by atoms with van der Waals surface area (Å²) in [7, 11) is 0. The quantitative estimate of drug-likeness (QED) is 0.856. The van der Waals surface area contributed by atoms with Gasteiger partial charge in [-0.15, -0.1) is 0 Å². The molecule has 1 aliphatic heterocycles. The Hall–Kier alpha value is -2.34. The molecule has 21 heavy (non-hydrogen) atoms. The lowest BCUT2D eigenvalue weighted by Gasteiger charge is -2.08. The Kier molecular flexibility index (Phi) is 3.87. The van der Waals surface area contributed by atoms with E-state index in [1.807, 2.05) is 0 Å². The molecule has 6 heteroatoms. The molecule has 1 aromatic carbocycles. The first-order valence-electron chi connectivity index (χ1n) is 6.94. The number of benzene rings is 1. The van der Waals surface area contributed by atoms with Gasteiger partial charge in [0, 0.05) is 31.3 Å². The maximum absolute atomic E-state index is 12.4. The SMILES string of the molecule is NCCn1cnc(C(=O)c2ccc3c(c2)OCCCO3)c1. The fourth-order valence-corrected chi connectivity index (χ4v) is 2.20. The molecule has 110 valence electrons. The third kappa shape index (κ3) is 2.90. The Morgan fingerprint density at radius 2 is 2.10 bits per heavy atom. The highest BCUT2D eigenvalue weighted by molar-refractivity contribution is 6.07. The molecule has 6 nitrogen and oxygen atoms in total. The van der Waals surface area contributed by atoms with Crippen LogP contribution in [0.5, 0.6) is 11.5 Å². The maximum atomic E-state index is 12.4. The molecule has 2 N–H and O–H groups in total. The molecule has 0 radical (unpaired) electrons. The second kappa shape index (κ2) is 5.97. The monoisotopic (exact) mass is 287 g/mol. The smallest absolute Gasteiger partial charge is 0.213 e. The maximum Gasteiger partial charge on any atom is 0.213 e. The van der Waals surface area contributed by atoms with Gasteiger partial charge in [-0.2, -0.15) is 0 Å². The first-order valence-corrected chi connectivity index (χ1v) is 6.94. The molecule has 3 rings (SSSR count). The number of carbonyl (C=O) groups is 1. The van der Waals surface area contributed by atoms with Crippen molar-refractivity contribution in [1.82, 2.24) is 9.55 Å². The van der Waals surface area contributed by atoms with Crippen molar-refractivity contribution in [2.75, 3.05) is 19.8 Å². The number of hydrogen-bond acceptors (Lipinski definition) is 5. The summed E-state index contributed by atoms with van der Waals surface area (Å²) in [6, 6.07) is 5.22. The Balaban J connectivity index is 1.85. The van der Waals surface area contributed by atoms with Crippen LogP contribution >= 0.6 is 0 Å². The fraction of sp³-hybridized carbons (Fsp3) is 0.333. The minimum atomic E-state index is -0.138. The van der Waals surface area contributed by atoms with Gasteiger partial charge in [0.05, 0.1) is 19.5 Å². The third-order valence-electron chi connectivity index (χ3n) is 3.26. The highest BCUT2D eigenvalue weighted by atomic mass is 16.5. The lowest BCUT2D eigenvalue weighted by atomic mass is 10.1. The summed E-state index contributed by atoms with van der Waals surface area (Å²) >= 11 is 0. The molecule has 1 aliphatic rings. The molecule has 1 aromatic heterocycles. The third-order valence-corrected chi connectivity index (χ3v) is 3.26. The van der Waals surface area contributed by atoms with Gasteiger partial charge in [0.2, 0.25) is 5.78 Å². The highest BCUT2D eigenvalue weighted by Crippen LogP contribution is 2.30. The van der Waals surface area contributed by atoms with Gasteiger partial charge >= 0.3 is 0 Å². The zero-order chi connectivity index (χ0) is 14.7. The number of imidazole rings is 1. The summed E-state index contributed by atoms with van der Waals surface area (Å²) < 4.78 is 13.0. The van der Waals surface area contributed by atoms with Gasteiger partial charge in [0.15, 0.2) is 11.5 Å². The summed E-state index contributed by atoms with van der Waals surface area (Å²) in [6.07, 6.45) is 4.16. The summed E-state index contributed by atoms with van der Waals surface area (Å²) in [5.41, 5.74) is 6.42. The van der Waals surface area contributed by atoms with Crippen LogP contribution in [0.25, 0.3) is 0 Å². The van der Waals surface area contributed by atoms with Crippen molar-refractivity contribution >= 4 is 5.78 Å². The molecule has 0 aliphatic carbocycles. The standard InChI is InChI=1S/C15H17N3O3/c16-4-5-18-9-12(17-10-18)15(19)11-2-3-13-14(8-11)21-7-1-6-20-13/h2-3,8-10H,1,4-7,16H2. The van der Waals surface area contributed by atoms with E-state index in [4.69, 9.17) is 15.2 Å². The van der Waals surface area contributed by atoms with E-state index < -0.39 is 0 Å². The molecule has 0 unspecified atom stereocenters. The largest absolute Gasteiger partial charge is 0.490 e. The van der Waals surface area contributed by atoms with E-state index in [0.29, 0.717) is 49.1 Å². The van der Waals surface area contributed by atoms with E-state index in [9.17, 15) is 4.79 Å². The average Bonchev–Trinajstić information content (AvgIpc) is 2.83. The van der Waals surface area contributed by atoms with Crippen molar-refractivity contribution in [2.24, 2.45) is 5.73 Å². The first-order chi connectivity index (χ1) is 10.3. The van der Waals surface area contributed by atoms with Crippen molar-refractivity contribution in [3.63, 3.8) is 0 Å². The molecular weight excluding hydrogens is 270 g/mol. The van der Waals surface area contributed by atoms with Gasteiger partial charge in [-0.3, -0.25) is 4.79 Å². The van der Waals surface area contributed by atoms with Crippen LogP contribution in [0.2, 0.25) is 0 Å². The van der Waals surface area contributed by atoms with E-state index in [1.165, 1.54) is 0 Å². The molecule has 0 saturated heterocycles. The van der Waals surface area contributed by atoms with Crippen molar-refractivity contribution in [3.05, 3.63) is 42.0 Å². The van der Waals surface area contributed by atoms with Gasteiger partial charge < -0.3 is 19.8 Å². The molecule has 0 amide bonds. The topological polar surface area (TPSA) is 79.4 Å². The van der Waals surface area contributed by atoms with Crippen molar-refractivity contribution in [2.45, 2.75) is 13.0 Å². The predicted molar refractivity (Wildman–Crippen MR) is 76.8 cm³/mol. The van der Waals surface area contributed by atoms with Crippen molar-refractivity contribution in [1.29, 1.82) is 0 Å². The minimum Gasteiger partial charge on any atom is -0.490 e. The first kappa shape index (κ1) is 13.6. The van der Waals surface area contributed by atoms with Crippen molar-refractivity contribution in [3.8, 4) is 11.5 Å². The van der Waals surface area contributed by atoms with Gasteiger partial charge in [-0.1, -0.05) is 0 Å². The number of rotatable bonds is 4. The Morgan fingerprint density at radius 1 is 1.29 bits per heavy atom. The zero-order valence-electron chi connectivity index (χ0n) is 11.6. The van der Waals surface area contributed by atoms with Gasteiger partial charge in [0.25, 0.3) is 0 Å². The number of carbonyl (C=O) groups excluding carboxylic acids is 1. The van der Waals surface area contributed by atoms with Gasteiger partial charge in [-0.05, 0) is 18.2 Å². The second-order valence-electron chi connectivity index (χ2n) is 4.83. The molecule has 2 heterocycles. The minimum absolute atomic E-state index is 0.138. The van der Waals surface area contributed by atoms with Gasteiger partial charge in [0.1, 0.15) is 5.69 Å². The number of hydrogen-bond donors (Lipinski definition) is 1. The Labute approximate surface area is 122 Å². The number of nitrogens with two attached hydrogens (primary N) is 1. The summed E-state index contributed by atoms with van der Waals surface area (Å²) in [5.74, 6) is 1.15. The van der Waals surface area contributed by atoms with Crippen LogP contribution in [0, 0.1) is 0 Å². The Morgan fingerprint density at radius 3 is 2.90 bits per heavy atom. The highest BCUT2D eigenvalue weighted by Gasteiger charge is 2.17. The average molecular weight is 287 g/mol. The van der Waals surface area contributed by atoms with Crippen LogP contribution < -0.4 is 15.2 Å². The molecule has 0 saturated carbocycles. The molecular formula is C15H17N3O3. The molecule has 2 aromatic rings. The van der Waals surface area contributed by atoms with Crippen LogP contribution in [0.3, 0.4) is 0 Å². The number of fused-ring (bicyclic) bond motifs is 1. The van der Waals surface area contributed by atoms with Crippen LogP contribution in [-0.2, 0) is 6.54 Å². The van der Waals surface area contributed by atoms with Crippen LogP contribution in [0.1, 0.15) is 22.5 Å². The molecule has 0 bridgehead atoms. The van der Waals surface area contributed by atoms with E-state index in [0.717, 1.165) is 6.42 Å². The molecule has 0 spiro atoms. The molecule has 0 atom stereocenters. The van der Waals surface area contributed by atoms with Crippen molar-refractivity contribution < 1.29 is 14.3 Å². The van der Waals surface area contributed by atoms with Crippen LogP contribution in [0.4, 0.5) is 0 Å².